The first-order valence-electron chi connectivity index (χ1n) is 9.24. The Kier molecular flexibility index (Phi) is 6.05. The van der Waals surface area contributed by atoms with Crippen LogP contribution in [-0.2, 0) is 14.2 Å². The van der Waals surface area contributed by atoms with Crippen LogP contribution in [0.3, 0.4) is 0 Å². The van der Waals surface area contributed by atoms with E-state index in [-0.39, 0.29) is 24.4 Å². The van der Waals surface area contributed by atoms with Crippen LogP contribution in [0.4, 0.5) is 5.95 Å². The number of imidazole rings is 1. The second-order valence-corrected chi connectivity index (χ2v) is 7.65. The zero-order chi connectivity index (χ0) is 18.7. The fraction of sp³-hybridized carbons (Fsp3) is 0.722. The van der Waals surface area contributed by atoms with Gasteiger partial charge in [-0.1, -0.05) is 27.7 Å². The molecule has 1 aliphatic rings. The van der Waals surface area contributed by atoms with Gasteiger partial charge in [-0.15, -0.1) is 0 Å². The summed E-state index contributed by atoms with van der Waals surface area (Å²) in [5.74, 6) is 1.18. The topological polar surface area (TPSA) is 97.3 Å². The number of rotatable bonds is 8. The molecule has 0 spiro atoms. The van der Waals surface area contributed by atoms with Crippen LogP contribution in [0.5, 0.6) is 0 Å². The molecular formula is C18H29N5O3. The van der Waals surface area contributed by atoms with Gasteiger partial charge in [0.15, 0.2) is 5.65 Å². The average Bonchev–Trinajstić information content (AvgIpc) is 3.16. The Balaban J connectivity index is 1.74. The molecule has 0 amide bonds. The second-order valence-electron chi connectivity index (χ2n) is 7.65. The summed E-state index contributed by atoms with van der Waals surface area (Å²) in [5.41, 5.74) is 7.10. The number of ether oxygens (including phenoxy) is 3. The van der Waals surface area contributed by atoms with Crippen molar-refractivity contribution in [2.45, 2.75) is 52.6 Å². The molecule has 0 radical (unpaired) electrons. The largest absolute Gasteiger partial charge is 0.378 e. The van der Waals surface area contributed by atoms with E-state index in [2.05, 4.69) is 42.6 Å². The van der Waals surface area contributed by atoms with E-state index in [0.717, 1.165) is 6.42 Å². The number of hydrogen-bond acceptors (Lipinski definition) is 7. The molecule has 8 heteroatoms. The van der Waals surface area contributed by atoms with Crippen LogP contribution in [0.1, 0.15) is 40.3 Å². The molecule has 3 rings (SSSR count). The molecule has 26 heavy (non-hydrogen) atoms. The Morgan fingerprint density at radius 3 is 2.73 bits per heavy atom. The molecule has 1 aliphatic heterocycles. The molecule has 0 aromatic carbocycles. The summed E-state index contributed by atoms with van der Waals surface area (Å²) in [4.78, 5) is 12.6. The number of aromatic nitrogens is 4. The van der Waals surface area contributed by atoms with Crippen molar-refractivity contribution in [1.29, 1.82) is 0 Å². The Morgan fingerprint density at radius 2 is 2.00 bits per heavy atom. The number of fused-ring (bicyclic) bond motifs is 1. The van der Waals surface area contributed by atoms with E-state index in [9.17, 15) is 0 Å². The van der Waals surface area contributed by atoms with Crippen LogP contribution in [0.15, 0.2) is 12.5 Å². The van der Waals surface area contributed by atoms with Crippen molar-refractivity contribution >= 4 is 17.1 Å². The van der Waals surface area contributed by atoms with Gasteiger partial charge in [-0.05, 0) is 11.8 Å². The summed E-state index contributed by atoms with van der Waals surface area (Å²) >= 11 is 0. The SMILES string of the molecule is CC(C)COC[C@H]1O[C@@H](n2cnc3cnc(N)nc32)C[C@@H]1OCC(C)C. The fourth-order valence-electron chi connectivity index (χ4n) is 2.98. The van der Waals surface area contributed by atoms with Crippen molar-refractivity contribution < 1.29 is 14.2 Å². The van der Waals surface area contributed by atoms with Crippen LogP contribution >= 0.6 is 0 Å². The number of nitrogens with zero attached hydrogens (tertiary/aromatic N) is 4. The minimum absolute atomic E-state index is 0.0220. The Morgan fingerprint density at radius 1 is 1.23 bits per heavy atom. The standard InChI is InChI=1S/C18H29N5O3/c1-11(2)7-24-9-15-14(25-8-12(3)4)5-16(26-15)23-10-21-13-6-20-18(19)22-17(13)23/h6,10-12,14-16H,5,7-9H2,1-4H3,(H2,19,20,22)/t14-,15+,16+/m0/s1. The van der Waals surface area contributed by atoms with Gasteiger partial charge in [-0.3, -0.25) is 4.57 Å². The minimum Gasteiger partial charge on any atom is -0.378 e. The van der Waals surface area contributed by atoms with Gasteiger partial charge in [-0.25, -0.2) is 9.97 Å². The number of anilines is 1. The summed E-state index contributed by atoms with van der Waals surface area (Å²) in [6.07, 6.45) is 3.72. The molecule has 2 N–H and O–H groups in total. The maximum absolute atomic E-state index is 6.25. The molecule has 2 aromatic heterocycles. The Hall–Kier alpha value is -1.77. The maximum Gasteiger partial charge on any atom is 0.222 e. The van der Waals surface area contributed by atoms with Gasteiger partial charge in [0.2, 0.25) is 5.95 Å². The van der Waals surface area contributed by atoms with Crippen LogP contribution in [-0.4, -0.2) is 51.5 Å². The van der Waals surface area contributed by atoms with Gasteiger partial charge in [0, 0.05) is 19.6 Å². The van der Waals surface area contributed by atoms with Crippen molar-refractivity contribution in [2.75, 3.05) is 25.6 Å². The number of nitrogen functional groups attached to an aromatic ring is 1. The van der Waals surface area contributed by atoms with Crippen molar-refractivity contribution in [1.82, 2.24) is 19.5 Å². The normalized spacial score (nSPS) is 23.5. The maximum atomic E-state index is 6.25. The minimum atomic E-state index is -0.209. The summed E-state index contributed by atoms with van der Waals surface area (Å²) in [6.45, 7) is 10.5. The fourth-order valence-corrected chi connectivity index (χ4v) is 2.98. The highest BCUT2D eigenvalue weighted by molar-refractivity contribution is 5.70. The summed E-state index contributed by atoms with van der Waals surface area (Å²) in [6, 6.07) is 0. The van der Waals surface area contributed by atoms with Gasteiger partial charge in [0.25, 0.3) is 0 Å². The van der Waals surface area contributed by atoms with Crippen LogP contribution in [0, 0.1) is 11.8 Å². The first-order chi connectivity index (χ1) is 12.4. The highest BCUT2D eigenvalue weighted by atomic mass is 16.6. The van der Waals surface area contributed by atoms with Crippen molar-refractivity contribution in [3.05, 3.63) is 12.5 Å². The molecule has 3 heterocycles. The zero-order valence-electron chi connectivity index (χ0n) is 16.0. The predicted molar refractivity (Wildman–Crippen MR) is 98.5 cm³/mol. The van der Waals surface area contributed by atoms with E-state index in [0.29, 0.717) is 42.8 Å². The van der Waals surface area contributed by atoms with E-state index in [4.69, 9.17) is 19.9 Å². The number of hydrogen-bond donors (Lipinski definition) is 1. The molecule has 1 fully saturated rings. The van der Waals surface area contributed by atoms with E-state index < -0.39 is 0 Å². The average molecular weight is 363 g/mol. The van der Waals surface area contributed by atoms with E-state index in [1.54, 1.807) is 12.5 Å². The molecule has 3 atom stereocenters. The lowest BCUT2D eigenvalue weighted by Gasteiger charge is -2.20. The molecule has 2 aromatic rings. The van der Waals surface area contributed by atoms with Gasteiger partial charge in [-0.2, -0.15) is 4.98 Å². The van der Waals surface area contributed by atoms with E-state index in [1.807, 2.05) is 4.57 Å². The lowest BCUT2D eigenvalue weighted by Crippen LogP contribution is -2.30. The second kappa shape index (κ2) is 8.28. The van der Waals surface area contributed by atoms with Crippen LogP contribution in [0.2, 0.25) is 0 Å². The monoisotopic (exact) mass is 363 g/mol. The van der Waals surface area contributed by atoms with Crippen molar-refractivity contribution in [3.8, 4) is 0 Å². The van der Waals surface area contributed by atoms with Gasteiger partial charge < -0.3 is 19.9 Å². The van der Waals surface area contributed by atoms with E-state index in [1.165, 1.54) is 0 Å². The third kappa shape index (κ3) is 4.49. The molecule has 8 nitrogen and oxygen atoms in total. The smallest absolute Gasteiger partial charge is 0.222 e. The molecule has 144 valence electrons. The van der Waals surface area contributed by atoms with Crippen LogP contribution in [0.25, 0.3) is 11.2 Å². The summed E-state index contributed by atoms with van der Waals surface area (Å²) < 4.78 is 20.1. The van der Waals surface area contributed by atoms with Gasteiger partial charge in [0.1, 0.15) is 17.8 Å². The van der Waals surface area contributed by atoms with E-state index >= 15 is 0 Å². The molecule has 0 saturated carbocycles. The molecule has 0 bridgehead atoms. The molecule has 1 saturated heterocycles. The third-order valence-corrected chi connectivity index (χ3v) is 4.20. The zero-order valence-corrected chi connectivity index (χ0v) is 16.0. The summed E-state index contributed by atoms with van der Waals surface area (Å²) in [5, 5.41) is 0. The quantitative estimate of drug-likeness (QED) is 0.769. The van der Waals surface area contributed by atoms with Gasteiger partial charge in [0.05, 0.1) is 25.2 Å². The first-order valence-corrected chi connectivity index (χ1v) is 9.24. The van der Waals surface area contributed by atoms with Crippen molar-refractivity contribution in [3.63, 3.8) is 0 Å². The lowest BCUT2D eigenvalue weighted by atomic mass is 10.1. The highest BCUT2D eigenvalue weighted by Gasteiger charge is 2.38. The molecule has 0 aliphatic carbocycles. The first kappa shape index (κ1) is 19.0. The predicted octanol–water partition coefficient (Wildman–Crippen LogP) is 2.41. The lowest BCUT2D eigenvalue weighted by molar-refractivity contribution is -0.0814. The summed E-state index contributed by atoms with van der Waals surface area (Å²) in [7, 11) is 0. The number of nitrogens with two attached hydrogens (primary N) is 1. The van der Waals surface area contributed by atoms with Crippen molar-refractivity contribution in [2.24, 2.45) is 11.8 Å². The molecule has 0 unspecified atom stereocenters. The third-order valence-electron chi connectivity index (χ3n) is 4.20. The molecular weight excluding hydrogens is 334 g/mol. The Labute approximate surface area is 154 Å². The highest BCUT2D eigenvalue weighted by Crippen LogP contribution is 2.33. The Bertz CT molecular complexity index is 718. The van der Waals surface area contributed by atoms with Gasteiger partial charge >= 0.3 is 0 Å². The van der Waals surface area contributed by atoms with Crippen LogP contribution < -0.4 is 5.73 Å².